The van der Waals surface area contributed by atoms with Crippen molar-refractivity contribution in [3.8, 4) is 0 Å². The van der Waals surface area contributed by atoms with Crippen LogP contribution in [0.1, 0.15) is 42.0 Å². The fourth-order valence-electron chi connectivity index (χ4n) is 2.99. The summed E-state index contributed by atoms with van der Waals surface area (Å²) in [4.78, 5) is 16.4. The molecule has 0 aliphatic carbocycles. The SMILES string of the molecule is CCC(N)C(c1ccc(C)s1)N1CCCC(C(N)=O)C1. The molecule has 2 rings (SSSR count). The third-order valence-corrected chi connectivity index (χ3v) is 5.25. The van der Waals surface area contributed by atoms with Crippen LogP contribution in [0.5, 0.6) is 0 Å². The quantitative estimate of drug-likeness (QED) is 0.873. The second kappa shape index (κ2) is 6.70. The number of nitrogens with two attached hydrogens (primary N) is 2. The Hall–Kier alpha value is -0.910. The number of thiophene rings is 1. The van der Waals surface area contributed by atoms with Gasteiger partial charge in [0.2, 0.25) is 5.91 Å². The van der Waals surface area contributed by atoms with Crippen LogP contribution in [0.4, 0.5) is 0 Å². The van der Waals surface area contributed by atoms with Gasteiger partial charge in [-0.3, -0.25) is 9.69 Å². The maximum Gasteiger partial charge on any atom is 0.221 e. The molecule has 0 bridgehead atoms. The minimum Gasteiger partial charge on any atom is -0.369 e. The molecule has 0 radical (unpaired) electrons. The van der Waals surface area contributed by atoms with E-state index in [9.17, 15) is 4.79 Å². The number of piperidine rings is 1. The maximum atomic E-state index is 11.5. The maximum absolute atomic E-state index is 11.5. The number of primary amides is 1. The molecule has 0 spiro atoms. The van der Waals surface area contributed by atoms with Crippen molar-refractivity contribution in [2.24, 2.45) is 17.4 Å². The van der Waals surface area contributed by atoms with Crippen LogP contribution < -0.4 is 11.5 Å². The Morgan fingerprint density at radius 3 is 2.85 bits per heavy atom. The van der Waals surface area contributed by atoms with Crippen molar-refractivity contribution >= 4 is 17.2 Å². The zero-order chi connectivity index (χ0) is 14.7. The second-order valence-corrected chi connectivity index (χ2v) is 7.02. The van der Waals surface area contributed by atoms with Gasteiger partial charge < -0.3 is 11.5 Å². The number of hydrogen-bond donors (Lipinski definition) is 2. The topological polar surface area (TPSA) is 72.3 Å². The molecule has 112 valence electrons. The van der Waals surface area contributed by atoms with E-state index in [2.05, 4.69) is 30.9 Å². The summed E-state index contributed by atoms with van der Waals surface area (Å²) in [5.74, 6) is -0.211. The van der Waals surface area contributed by atoms with Crippen LogP contribution in [0.2, 0.25) is 0 Å². The first-order valence-electron chi connectivity index (χ1n) is 7.38. The molecule has 0 aromatic carbocycles. The summed E-state index contributed by atoms with van der Waals surface area (Å²) in [7, 11) is 0. The zero-order valence-electron chi connectivity index (χ0n) is 12.3. The number of likely N-dealkylation sites (tertiary alicyclic amines) is 1. The monoisotopic (exact) mass is 295 g/mol. The van der Waals surface area contributed by atoms with Crippen molar-refractivity contribution in [3.05, 3.63) is 21.9 Å². The van der Waals surface area contributed by atoms with Gasteiger partial charge in [-0.2, -0.15) is 0 Å². The number of carbonyl (C=O) groups excluding carboxylic acids is 1. The molecule has 2 heterocycles. The number of aryl methyl sites for hydroxylation is 1. The zero-order valence-corrected chi connectivity index (χ0v) is 13.2. The van der Waals surface area contributed by atoms with Gasteiger partial charge in [-0.05, 0) is 44.9 Å². The van der Waals surface area contributed by atoms with Gasteiger partial charge in [0.25, 0.3) is 0 Å². The van der Waals surface area contributed by atoms with E-state index in [1.165, 1.54) is 9.75 Å². The van der Waals surface area contributed by atoms with Crippen LogP contribution in [0.25, 0.3) is 0 Å². The molecule has 5 heteroatoms. The van der Waals surface area contributed by atoms with E-state index in [4.69, 9.17) is 11.5 Å². The average molecular weight is 295 g/mol. The highest BCUT2D eigenvalue weighted by Crippen LogP contribution is 2.33. The van der Waals surface area contributed by atoms with Gasteiger partial charge in [-0.25, -0.2) is 0 Å². The Morgan fingerprint density at radius 2 is 2.30 bits per heavy atom. The highest BCUT2D eigenvalue weighted by Gasteiger charge is 2.32. The molecule has 3 atom stereocenters. The molecule has 3 unspecified atom stereocenters. The predicted molar refractivity (Wildman–Crippen MR) is 83.6 cm³/mol. The molecule has 4 N–H and O–H groups in total. The van der Waals surface area contributed by atoms with Gasteiger partial charge in [0.15, 0.2) is 0 Å². The van der Waals surface area contributed by atoms with Crippen LogP contribution in [-0.4, -0.2) is 29.9 Å². The molecule has 1 amide bonds. The number of amides is 1. The van der Waals surface area contributed by atoms with E-state index in [1.54, 1.807) is 11.3 Å². The van der Waals surface area contributed by atoms with Crippen LogP contribution in [0.15, 0.2) is 12.1 Å². The summed E-state index contributed by atoms with van der Waals surface area (Å²) < 4.78 is 0. The second-order valence-electron chi connectivity index (χ2n) is 5.70. The molecule has 1 aromatic rings. The van der Waals surface area contributed by atoms with Crippen molar-refractivity contribution in [2.75, 3.05) is 13.1 Å². The summed E-state index contributed by atoms with van der Waals surface area (Å²) in [6.45, 7) is 5.97. The van der Waals surface area contributed by atoms with Crippen molar-refractivity contribution in [1.29, 1.82) is 0 Å². The van der Waals surface area contributed by atoms with E-state index < -0.39 is 0 Å². The summed E-state index contributed by atoms with van der Waals surface area (Å²) in [5, 5.41) is 0. The number of nitrogens with zero attached hydrogens (tertiary/aromatic N) is 1. The molecule has 1 aliphatic heterocycles. The van der Waals surface area contributed by atoms with Crippen molar-refractivity contribution in [1.82, 2.24) is 4.90 Å². The van der Waals surface area contributed by atoms with Crippen LogP contribution in [0.3, 0.4) is 0 Å². The molecule has 4 nitrogen and oxygen atoms in total. The van der Waals surface area contributed by atoms with Gasteiger partial charge in [-0.15, -0.1) is 11.3 Å². The van der Waals surface area contributed by atoms with Crippen molar-refractivity contribution in [2.45, 2.75) is 45.2 Å². The van der Waals surface area contributed by atoms with Gasteiger partial charge >= 0.3 is 0 Å². The van der Waals surface area contributed by atoms with E-state index in [0.29, 0.717) is 0 Å². The minimum atomic E-state index is -0.180. The molecular formula is C15H25N3OS. The van der Waals surface area contributed by atoms with E-state index in [1.807, 2.05) is 0 Å². The largest absolute Gasteiger partial charge is 0.369 e. The van der Waals surface area contributed by atoms with Crippen molar-refractivity contribution < 1.29 is 4.79 Å². The summed E-state index contributed by atoms with van der Waals surface area (Å²) in [6, 6.07) is 4.62. The molecule has 1 aromatic heterocycles. The Balaban J connectivity index is 2.20. The molecule has 1 aliphatic rings. The third kappa shape index (κ3) is 3.40. The van der Waals surface area contributed by atoms with E-state index in [0.717, 1.165) is 32.4 Å². The number of carbonyl (C=O) groups is 1. The third-order valence-electron chi connectivity index (χ3n) is 4.18. The lowest BCUT2D eigenvalue weighted by atomic mass is 9.93. The number of hydrogen-bond acceptors (Lipinski definition) is 4. The Kier molecular flexibility index (Phi) is 5.18. The van der Waals surface area contributed by atoms with Crippen molar-refractivity contribution in [3.63, 3.8) is 0 Å². The van der Waals surface area contributed by atoms with E-state index in [-0.39, 0.29) is 23.9 Å². The Bertz CT molecular complexity index is 460. The Morgan fingerprint density at radius 1 is 1.55 bits per heavy atom. The number of rotatable bonds is 5. The molecule has 1 fully saturated rings. The standard InChI is InChI=1S/C15H25N3OS/c1-3-12(16)14(13-7-6-10(2)20-13)18-8-4-5-11(9-18)15(17)19/h6-7,11-12,14H,3-5,8-9,16H2,1-2H3,(H2,17,19). The molecular weight excluding hydrogens is 270 g/mol. The Labute approximate surface area is 125 Å². The molecule has 0 saturated carbocycles. The van der Waals surface area contributed by atoms with E-state index >= 15 is 0 Å². The highest BCUT2D eigenvalue weighted by atomic mass is 32.1. The first kappa shape index (κ1) is 15.5. The van der Waals surface area contributed by atoms with Crippen LogP contribution in [0, 0.1) is 12.8 Å². The average Bonchev–Trinajstić information content (AvgIpc) is 2.85. The normalized spacial score (nSPS) is 23.4. The minimum absolute atomic E-state index is 0.0311. The summed E-state index contributed by atoms with van der Waals surface area (Å²) >= 11 is 1.80. The fraction of sp³-hybridized carbons (Fsp3) is 0.667. The molecule has 20 heavy (non-hydrogen) atoms. The summed E-state index contributed by atoms with van der Waals surface area (Å²) in [6.07, 6.45) is 2.85. The fourth-order valence-corrected chi connectivity index (χ4v) is 4.08. The van der Waals surface area contributed by atoms with Gasteiger partial charge in [0.1, 0.15) is 0 Å². The van der Waals surface area contributed by atoms with Crippen LogP contribution in [-0.2, 0) is 4.79 Å². The smallest absolute Gasteiger partial charge is 0.221 e. The van der Waals surface area contributed by atoms with Gasteiger partial charge in [0, 0.05) is 22.3 Å². The highest BCUT2D eigenvalue weighted by molar-refractivity contribution is 7.12. The predicted octanol–water partition coefficient (Wildman–Crippen LogP) is 2.03. The molecule has 1 saturated heterocycles. The van der Waals surface area contributed by atoms with Gasteiger partial charge in [0.05, 0.1) is 12.0 Å². The first-order chi connectivity index (χ1) is 9.52. The first-order valence-corrected chi connectivity index (χ1v) is 8.19. The summed E-state index contributed by atoms with van der Waals surface area (Å²) in [5.41, 5.74) is 11.8. The lowest BCUT2D eigenvalue weighted by Crippen LogP contribution is -2.47. The lowest BCUT2D eigenvalue weighted by molar-refractivity contribution is -0.123. The van der Waals surface area contributed by atoms with Gasteiger partial charge in [-0.1, -0.05) is 6.92 Å². The lowest BCUT2D eigenvalue weighted by Gasteiger charge is -2.39. The van der Waals surface area contributed by atoms with Crippen LogP contribution >= 0.6 is 11.3 Å².